The first kappa shape index (κ1) is 17.6. The second kappa shape index (κ2) is 7.02. The Bertz CT molecular complexity index is 623. The van der Waals surface area contributed by atoms with E-state index in [0.717, 1.165) is 26.2 Å². The Morgan fingerprint density at radius 3 is 2.38 bits per heavy atom. The summed E-state index contributed by atoms with van der Waals surface area (Å²) in [7, 11) is -2.66. The molecule has 0 amide bonds. The number of benzene rings is 1. The average Bonchev–Trinajstić information content (AvgIpc) is 2.42. The lowest BCUT2D eigenvalue weighted by Gasteiger charge is -2.19. The number of carbonyl (C=O) groups excluding carboxylic acids is 1. The summed E-state index contributed by atoms with van der Waals surface area (Å²) in [4.78, 5) is 11.1. The fourth-order valence-electron chi connectivity index (χ4n) is 2.46. The topological polar surface area (TPSA) is 60.4 Å². The van der Waals surface area contributed by atoms with Gasteiger partial charge in [-0.1, -0.05) is 26.3 Å². The maximum Gasteiger partial charge on any atom is 0.340 e. The maximum absolute atomic E-state index is 14.5. The van der Waals surface area contributed by atoms with Crippen molar-refractivity contribution in [1.29, 1.82) is 0 Å². The highest BCUT2D eigenvalue weighted by Crippen LogP contribution is 2.33. The van der Waals surface area contributed by atoms with Crippen molar-refractivity contribution in [3.8, 4) is 0 Å². The number of halogens is 1. The van der Waals surface area contributed by atoms with E-state index in [9.17, 15) is 17.6 Å². The van der Waals surface area contributed by atoms with Gasteiger partial charge in [0.15, 0.2) is 15.7 Å². The van der Waals surface area contributed by atoms with E-state index in [1.165, 1.54) is 12.1 Å². The minimum absolute atomic E-state index is 0.0547. The van der Waals surface area contributed by atoms with Crippen LogP contribution in [0.25, 0.3) is 0 Å². The van der Waals surface area contributed by atoms with Crippen LogP contribution in [-0.4, -0.2) is 27.8 Å². The number of hydrogen-bond donors (Lipinski definition) is 0. The van der Waals surface area contributed by atoms with Gasteiger partial charge in [0, 0.05) is 6.26 Å². The van der Waals surface area contributed by atoms with E-state index in [2.05, 4.69) is 4.74 Å². The Kier molecular flexibility index (Phi) is 5.89. The molecule has 0 aliphatic rings. The van der Waals surface area contributed by atoms with Crippen molar-refractivity contribution in [3.63, 3.8) is 0 Å². The maximum atomic E-state index is 14.5. The van der Waals surface area contributed by atoms with E-state index in [1.54, 1.807) is 0 Å². The summed E-state index contributed by atoms with van der Waals surface area (Å²) >= 11 is 0. The second-order valence-corrected chi connectivity index (χ2v) is 6.96. The first-order valence-corrected chi connectivity index (χ1v) is 8.77. The summed E-state index contributed by atoms with van der Waals surface area (Å²) in [6.07, 6.45) is 3.28. The molecule has 0 aromatic heterocycles. The Morgan fingerprint density at radius 2 is 1.95 bits per heavy atom. The first-order chi connectivity index (χ1) is 9.77. The van der Waals surface area contributed by atoms with Gasteiger partial charge >= 0.3 is 5.97 Å². The molecule has 21 heavy (non-hydrogen) atoms. The molecule has 1 rings (SSSR count). The highest BCUT2D eigenvalue weighted by atomic mass is 32.2. The van der Waals surface area contributed by atoms with Crippen molar-refractivity contribution < 1.29 is 22.3 Å². The van der Waals surface area contributed by atoms with E-state index in [-0.39, 0.29) is 16.4 Å². The number of carbonyl (C=O) groups is 1. The number of methoxy groups -OCH3 is 1. The molecule has 0 bridgehead atoms. The van der Waals surface area contributed by atoms with Crippen LogP contribution in [0.2, 0.25) is 0 Å². The van der Waals surface area contributed by atoms with Gasteiger partial charge in [-0.05, 0) is 30.4 Å². The summed E-state index contributed by atoms with van der Waals surface area (Å²) < 4.78 is 42.9. The molecular weight excluding hydrogens is 295 g/mol. The summed E-state index contributed by atoms with van der Waals surface area (Å²) in [6.45, 7) is 3.92. The van der Waals surface area contributed by atoms with Crippen LogP contribution in [0.3, 0.4) is 0 Å². The van der Waals surface area contributed by atoms with Gasteiger partial charge in [-0.2, -0.15) is 0 Å². The molecule has 0 spiro atoms. The number of esters is 1. The Labute approximate surface area is 125 Å². The second-order valence-electron chi connectivity index (χ2n) is 5.00. The lowest BCUT2D eigenvalue weighted by atomic mass is 9.91. The minimum atomic E-state index is -3.78. The van der Waals surface area contributed by atoms with Crippen LogP contribution in [0.4, 0.5) is 4.39 Å². The third-order valence-corrected chi connectivity index (χ3v) is 4.63. The Hall–Kier alpha value is -1.43. The summed E-state index contributed by atoms with van der Waals surface area (Å²) in [5.74, 6) is -1.95. The Balaban J connectivity index is 3.60. The van der Waals surface area contributed by atoms with Crippen LogP contribution in [0.15, 0.2) is 17.0 Å². The summed E-state index contributed by atoms with van der Waals surface area (Å²) in [5.41, 5.74) is 0.0834. The van der Waals surface area contributed by atoms with Crippen molar-refractivity contribution in [2.45, 2.75) is 43.9 Å². The predicted octanol–water partition coefficient (Wildman–Crippen LogP) is 3.31. The van der Waals surface area contributed by atoms with Gasteiger partial charge in [0.1, 0.15) is 4.90 Å². The van der Waals surface area contributed by atoms with Crippen LogP contribution in [0.5, 0.6) is 0 Å². The molecule has 0 N–H and O–H groups in total. The number of sulfone groups is 1. The zero-order chi connectivity index (χ0) is 16.2. The van der Waals surface area contributed by atoms with Crippen LogP contribution in [0, 0.1) is 5.82 Å². The third kappa shape index (κ3) is 3.81. The van der Waals surface area contributed by atoms with Crippen molar-refractivity contribution in [1.82, 2.24) is 0 Å². The molecular formula is C15H21FO4S. The summed E-state index contributed by atoms with van der Waals surface area (Å²) in [6, 6.07) is 2.82. The van der Waals surface area contributed by atoms with Gasteiger partial charge < -0.3 is 4.74 Å². The fourth-order valence-corrected chi connectivity index (χ4v) is 3.56. The van der Waals surface area contributed by atoms with Crippen LogP contribution in [0.1, 0.15) is 54.9 Å². The number of hydrogen-bond acceptors (Lipinski definition) is 4. The molecule has 1 unspecified atom stereocenters. The van der Waals surface area contributed by atoms with Crippen LogP contribution >= 0.6 is 0 Å². The normalized spacial score (nSPS) is 13.0. The van der Waals surface area contributed by atoms with Crippen molar-refractivity contribution in [3.05, 3.63) is 29.1 Å². The highest BCUT2D eigenvalue weighted by Gasteiger charge is 2.27. The quantitative estimate of drug-likeness (QED) is 0.755. The van der Waals surface area contributed by atoms with Crippen LogP contribution in [-0.2, 0) is 14.6 Å². The van der Waals surface area contributed by atoms with Gasteiger partial charge in [0.2, 0.25) is 0 Å². The van der Waals surface area contributed by atoms with Crippen molar-refractivity contribution >= 4 is 15.8 Å². The zero-order valence-corrected chi connectivity index (χ0v) is 13.6. The van der Waals surface area contributed by atoms with Gasteiger partial charge in [-0.25, -0.2) is 17.6 Å². The van der Waals surface area contributed by atoms with E-state index < -0.39 is 21.6 Å². The highest BCUT2D eigenvalue weighted by molar-refractivity contribution is 7.90. The lowest BCUT2D eigenvalue weighted by molar-refractivity contribution is 0.0594. The minimum Gasteiger partial charge on any atom is -0.465 e. The zero-order valence-electron chi connectivity index (χ0n) is 12.8. The monoisotopic (exact) mass is 316 g/mol. The molecule has 0 fully saturated rings. The van der Waals surface area contributed by atoms with E-state index in [0.29, 0.717) is 12.0 Å². The number of rotatable bonds is 6. The molecule has 0 aliphatic heterocycles. The number of ether oxygens (including phenoxy) is 1. The first-order valence-electron chi connectivity index (χ1n) is 6.88. The predicted molar refractivity (Wildman–Crippen MR) is 78.8 cm³/mol. The van der Waals surface area contributed by atoms with Crippen molar-refractivity contribution in [2.24, 2.45) is 0 Å². The van der Waals surface area contributed by atoms with E-state index >= 15 is 0 Å². The van der Waals surface area contributed by atoms with E-state index in [4.69, 9.17) is 0 Å². The third-order valence-electron chi connectivity index (χ3n) is 3.47. The fraction of sp³-hybridized carbons (Fsp3) is 0.533. The largest absolute Gasteiger partial charge is 0.465 e. The van der Waals surface area contributed by atoms with Gasteiger partial charge in [0.25, 0.3) is 0 Å². The molecule has 0 aliphatic carbocycles. The summed E-state index contributed by atoms with van der Waals surface area (Å²) in [5, 5.41) is 0. The molecule has 1 aromatic carbocycles. The Morgan fingerprint density at radius 1 is 1.33 bits per heavy atom. The molecule has 1 atom stereocenters. The standard InChI is InChI=1S/C15H21FO4S/c1-5-7-10(6-2)11-8-9-12(15(17)20-3)13(16)14(11)21(4,18)19/h8-10H,5-7H2,1-4H3. The van der Waals surface area contributed by atoms with Gasteiger partial charge in [-0.3, -0.25) is 0 Å². The van der Waals surface area contributed by atoms with Crippen molar-refractivity contribution in [2.75, 3.05) is 13.4 Å². The van der Waals surface area contributed by atoms with E-state index in [1.807, 2.05) is 13.8 Å². The molecule has 6 heteroatoms. The molecule has 0 saturated carbocycles. The molecule has 0 saturated heterocycles. The lowest BCUT2D eigenvalue weighted by Crippen LogP contribution is -2.14. The smallest absolute Gasteiger partial charge is 0.340 e. The molecule has 4 nitrogen and oxygen atoms in total. The molecule has 0 heterocycles. The van der Waals surface area contributed by atoms with Gasteiger partial charge in [0.05, 0.1) is 12.7 Å². The molecule has 0 radical (unpaired) electrons. The SMILES string of the molecule is CCCC(CC)c1ccc(C(=O)OC)c(F)c1S(C)(=O)=O. The van der Waals surface area contributed by atoms with Crippen LogP contribution < -0.4 is 0 Å². The molecule has 1 aromatic rings. The van der Waals surface area contributed by atoms with Gasteiger partial charge in [-0.15, -0.1) is 0 Å². The average molecular weight is 316 g/mol. The molecule has 118 valence electrons.